The lowest BCUT2D eigenvalue weighted by molar-refractivity contribution is 0.141. The molecule has 0 radical (unpaired) electrons. The molecule has 0 saturated heterocycles. The summed E-state index contributed by atoms with van der Waals surface area (Å²) in [6, 6.07) is 17.6. The van der Waals surface area contributed by atoms with Crippen molar-refractivity contribution in [1.29, 1.82) is 0 Å². The normalized spacial score (nSPS) is 12.9. The van der Waals surface area contributed by atoms with Crippen LogP contribution in [-0.2, 0) is 12.0 Å². The molecular formula is C21H22O. The summed E-state index contributed by atoms with van der Waals surface area (Å²) >= 11 is 0. The van der Waals surface area contributed by atoms with Crippen molar-refractivity contribution in [2.24, 2.45) is 0 Å². The van der Waals surface area contributed by atoms with Crippen LogP contribution in [0.15, 0.2) is 66.7 Å². The largest absolute Gasteiger partial charge is 0.370 e. The zero-order chi connectivity index (χ0) is 16.0. The maximum Gasteiger partial charge on any atom is 0.172 e. The summed E-state index contributed by atoms with van der Waals surface area (Å²) in [5, 5.41) is 10.9. The third kappa shape index (κ3) is 3.67. The predicted octanol–water partition coefficient (Wildman–Crippen LogP) is 4.45. The van der Waals surface area contributed by atoms with E-state index in [1.807, 2.05) is 42.5 Å². The van der Waals surface area contributed by atoms with Crippen molar-refractivity contribution in [3.05, 3.63) is 83.4 Å². The van der Waals surface area contributed by atoms with Gasteiger partial charge in [-0.05, 0) is 36.6 Å². The molecule has 0 amide bonds. The van der Waals surface area contributed by atoms with Gasteiger partial charge in [0.05, 0.1) is 0 Å². The summed E-state index contributed by atoms with van der Waals surface area (Å²) in [4.78, 5) is 0. The quantitative estimate of drug-likeness (QED) is 0.651. The van der Waals surface area contributed by atoms with E-state index in [4.69, 9.17) is 0 Å². The highest BCUT2D eigenvalue weighted by Gasteiger charge is 2.27. The third-order valence-electron chi connectivity index (χ3n) is 3.69. The highest BCUT2D eigenvalue weighted by Crippen LogP contribution is 2.27. The first-order valence-corrected chi connectivity index (χ1v) is 7.62. The first-order valence-electron chi connectivity index (χ1n) is 7.62. The second-order valence-electron chi connectivity index (χ2n) is 5.55. The molecule has 0 fully saturated rings. The molecular weight excluding hydrogens is 268 g/mol. The molecule has 0 heterocycles. The molecule has 0 saturated carbocycles. The lowest BCUT2D eigenvalue weighted by Gasteiger charge is -2.23. The monoisotopic (exact) mass is 290 g/mol. The van der Waals surface area contributed by atoms with Gasteiger partial charge in [0, 0.05) is 11.1 Å². The minimum absolute atomic E-state index is 0.619. The molecule has 112 valence electrons. The molecule has 2 rings (SSSR count). The van der Waals surface area contributed by atoms with Crippen molar-refractivity contribution < 1.29 is 5.11 Å². The topological polar surface area (TPSA) is 20.2 Å². The van der Waals surface area contributed by atoms with Gasteiger partial charge in [0.1, 0.15) is 0 Å². The molecule has 22 heavy (non-hydrogen) atoms. The molecule has 0 spiro atoms. The lowest BCUT2D eigenvalue weighted by Crippen LogP contribution is -2.24. The Morgan fingerprint density at radius 2 is 1.73 bits per heavy atom. The summed E-state index contributed by atoms with van der Waals surface area (Å²) in [6.45, 7) is 7.87. The maximum absolute atomic E-state index is 10.9. The average Bonchev–Trinajstić information content (AvgIpc) is 2.55. The second kappa shape index (κ2) is 7.11. The molecule has 2 aromatic carbocycles. The number of hydrogen-bond acceptors (Lipinski definition) is 1. The van der Waals surface area contributed by atoms with Crippen molar-refractivity contribution in [3.8, 4) is 11.8 Å². The van der Waals surface area contributed by atoms with Crippen molar-refractivity contribution >= 4 is 0 Å². The number of hydrogen-bond donors (Lipinski definition) is 1. The first kappa shape index (κ1) is 16.1. The van der Waals surface area contributed by atoms with Gasteiger partial charge in [-0.15, -0.1) is 0 Å². The Labute approximate surface area is 133 Å². The number of rotatable bonds is 4. The van der Waals surface area contributed by atoms with Crippen LogP contribution in [0.5, 0.6) is 0 Å². The Morgan fingerprint density at radius 1 is 1.09 bits per heavy atom. The van der Waals surface area contributed by atoms with Gasteiger partial charge in [0.2, 0.25) is 0 Å². The van der Waals surface area contributed by atoms with E-state index in [0.717, 1.165) is 24.0 Å². The molecule has 1 N–H and O–H groups in total. The Bertz CT molecular complexity index is 686. The Kier molecular flexibility index (Phi) is 5.20. The van der Waals surface area contributed by atoms with Crippen LogP contribution in [0, 0.1) is 11.8 Å². The van der Waals surface area contributed by atoms with Gasteiger partial charge >= 0.3 is 0 Å². The predicted molar refractivity (Wildman–Crippen MR) is 92.5 cm³/mol. The van der Waals surface area contributed by atoms with Crippen LogP contribution in [0.3, 0.4) is 0 Å². The summed E-state index contributed by atoms with van der Waals surface area (Å²) in [6.07, 6.45) is 2.21. The highest BCUT2D eigenvalue weighted by molar-refractivity contribution is 5.45. The van der Waals surface area contributed by atoms with Gasteiger partial charge in [0.25, 0.3) is 0 Å². The first-order chi connectivity index (χ1) is 10.6. The molecule has 1 atom stereocenters. The smallest absolute Gasteiger partial charge is 0.172 e. The number of benzene rings is 2. The Hall–Kier alpha value is -2.30. The summed E-state index contributed by atoms with van der Waals surface area (Å²) in [5.74, 6) is 6.06. The SMILES string of the molecule is C=C(C)C(O)(C#Cc1ccc(CCC)cc1)c1ccccc1. The van der Waals surface area contributed by atoms with Crippen LogP contribution in [0.1, 0.15) is 37.0 Å². The maximum atomic E-state index is 10.9. The van der Waals surface area contributed by atoms with E-state index >= 15 is 0 Å². The summed E-state index contributed by atoms with van der Waals surface area (Å²) < 4.78 is 0. The van der Waals surface area contributed by atoms with Crippen molar-refractivity contribution in [1.82, 2.24) is 0 Å². The van der Waals surface area contributed by atoms with Crippen molar-refractivity contribution in [2.45, 2.75) is 32.3 Å². The molecule has 1 nitrogen and oxygen atoms in total. The zero-order valence-corrected chi connectivity index (χ0v) is 13.3. The molecule has 0 aliphatic heterocycles. The van der Waals surface area contributed by atoms with Crippen LogP contribution < -0.4 is 0 Å². The van der Waals surface area contributed by atoms with Gasteiger partial charge in [0.15, 0.2) is 5.60 Å². The van der Waals surface area contributed by atoms with E-state index in [1.165, 1.54) is 5.56 Å². The molecule has 1 heteroatoms. The van der Waals surface area contributed by atoms with Crippen LogP contribution in [0.2, 0.25) is 0 Å². The van der Waals surface area contributed by atoms with Crippen molar-refractivity contribution in [3.63, 3.8) is 0 Å². The fraction of sp³-hybridized carbons (Fsp3) is 0.238. The summed E-state index contributed by atoms with van der Waals surface area (Å²) in [7, 11) is 0. The van der Waals surface area contributed by atoms with Crippen LogP contribution in [0.25, 0.3) is 0 Å². The molecule has 1 unspecified atom stereocenters. The molecule has 2 aromatic rings. The van der Waals surface area contributed by atoms with E-state index in [2.05, 4.69) is 37.5 Å². The Morgan fingerprint density at radius 3 is 2.27 bits per heavy atom. The molecule has 0 aliphatic carbocycles. The van der Waals surface area contributed by atoms with Gasteiger partial charge < -0.3 is 5.11 Å². The van der Waals surface area contributed by atoms with E-state index in [1.54, 1.807) is 6.92 Å². The minimum atomic E-state index is -1.32. The van der Waals surface area contributed by atoms with Crippen LogP contribution in [-0.4, -0.2) is 5.11 Å². The zero-order valence-electron chi connectivity index (χ0n) is 13.3. The average molecular weight is 290 g/mol. The molecule has 0 aliphatic rings. The van der Waals surface area contributed by atoms with Gasteiger partial charge in [-0.2, -0.15) is 0 Å². The molecule has 0 aromatic heterocycles. The van der Waals surface area contributed by atoms with Crippen LogP contribution >= 0.6 is 0 Å². The second-order valence-corrected chi connectivity index (χ2v) is 5.55. The van der Waals surface area contributed by atoms with E-state index in [0.29, 0.717) is 5.57 Å². The minimum Gasteiger partial charge on any atom is -0.370 e. The molecule has 0 bridgehead atoms. The highest BCUT2D eigenvalue weighted by atomic mass is 16.3. The van der Waals surface area contributed by atoms with Crippen molar-refractivity contribution in [2.75, 3.05) is 0 Å². The fourth-order valence-electron chi connectivity index (χ4n) is 2.31. The van der Waals surface area contributed by atoms with Gasteiger partial charge in [-0.3, -0.25) is 0 Å². The Balaban J connectivity index is 2.31. The van der Waals surface area contributed by atoms with Gasteiger partial charge in [-0.25, -0.2) is 0 Å². The number of aliphatic hydroxyl groups is 1. The van der Waals surface area contributed by atoms with E-state index in [-0.39, 0.29) is 0 Å². The van der Waals surface area contributed by atoms with E-state index in [9.17, 15) is 5.11 Å². The number of aryl methyl sites for hydroxylation is 1. The standard InChI is InChI=1S/C21H22O/c1-4-8-18-11-13-19(14-12-18)15-16-21(22,17(2)3)20-9-6-5-7-10-20/h5-7,9-14,22H,2,4,8H2,1,3H3. The fourth-order valence-corrected chi connectivity index (χ4v) is 2.31. The lowest BCUT2D eigenvalue weighted by atomic mass is 9.88. The summed E-state index contributed by atoms with van der Waals surface area (Å²) in [5.41, 5.74) is 2.26. The van der Waals surface area contributed by atoms with Gasteiger partial charge in [-0.1, -0.05) is 74.2 Å². The van der Waals surface area contributed by atoms with E-state index < -0.39 is 5.60 Å². The third-order valence-corrected chi connectivity index (χ3v) is 3.69. The van der Waals surface area contributed by atoms with Crippen LogP contribution in [0.4, 0.5) is 0 Å².